The molecule has 6 heteroatoms. The minimum absolute atomic E-state index is 0.0244. The van der Waals surface area contributed by atoms with Gasteiger partial charge in [-0.25, -0.2) is 4.39 Å². The molecule has 2 rings (SSSR count). The molecule has 0 aliphatic heterocycles. The Bertz CT molecular complexity index is 528. The van der Waals surface area contributed by atoms with Gasteiger partial charge in [0, 0.05) is 12.0 Å². The molecule has 1 aromatic carbocycles. The largest absolute Gasteiger partial charge is 0.369 e. The number of primary amides is 1. The number of nitrogens with one attached hydrogen (secondary N) is 1. The van der Waals surface area contributed by atoms with Gasteiger partial charge in [0.2, 0.25) is 5.91 Å². The Morgan fingerprint density at radius 1 is 1.25 bits per heavy atom. The van der Waals surface area contributed by atoms with Crippen LogP contribution in [0.15, 0.2) is 22.7 Å². The summed E-state index contributed by atoms with van der Waals surface area (Å²) >= 11 is 3.06. The van der Waals surface area contributed by atoms with Crippen LogP contribution in [0.3, 0.4) is 0 Å². The first-order valence-corrected chi connectivity index (χ1v) is 7.32. The van der Waals surface area contributed by atoms with Gasteiger partial charge in [-0.15, -0.1) is 0 Å². The van der Waals surface area contributed by atoms with E-state index in [1.807, 2.05) is 0 Å². The van der Waals surface area contributed by atoms with Gasteiger partial charge in [-0.2, -0.15) is 0 Å². The van der Waals surface area contributed by atoms with Gasteiger partial charge in [-0.05, 0) is 53.7 Å². The lowest BCUT2D eigenvalue weighted by Gasteiger charge is -2.27. The number of benzene rings is 1. The van der Waals surface area contributed by atoms with Crippen molar-refractivity contribution in [3.8, 4) is 0 Å². The number of rotatable bonds is 3. The average molecular weight is 343 g/mol. The Morgan fingerprint density at radius 3 is 2.50 bits per heavy atom. The molecule has 0 saturated heterocycles. The zero-order valence-electron chi connectivity index (χ0n) is 10.9. The van der Waals surface area contributed by atoms with E-state index in [1.54, 1.807) is 12.1 Å². The number of halogens is 2. The standard InChI is InChI=1S/C14H16BrFN2O2/c15-11-3-1-2-10(12(11)16)14(20)18-9-6-4-8(5-7-9)13(17)19/h1-3,8-9H,4-7H2,(H2,17,19)(H,18,20). The summed E-state index contributed by atoms with van der Waals surface area (Å²) in [7, 11) is 0. The maximum atomic E-state index is 13.8. The van der Waals surface area contributed by atoms with Gasteiger partial charge in [0.05, 0.1) is 10.0 Å². The molecule has 0 aromatic heterocycles. The number of carbonyl (C=O) groups excluding carboxylic acids is 2. The zero-order chi connectivity index (χ0) is 14.7. The lowest BCUT2D eigenvalue weighted by atomic mass is 9.85. The maximum Gasteiger partial charge on any atom is 0.254 e. The summed E-state index contributed by atoms with van der Waals surface area (Å²) in [6.45, 7) is 0. The number of hydrogen-bond donors (Lipinski definition) is 2. The second-order valence-electron chi connectivity index (χ2n) is 5.03. The predicted octanol–water partition coefficient (Wildman–Crippen LogP) is 2.36. The van der Waals surface area contributed by atoms with Gasteiger partial charge in [-0.1, -0.05) is 6.07 Å². The fourth-order valence-corrected chi connectivity index (χ4v) is 2.83. The molecule has 1 aliphatic rings. The highest BCUT2D eigenvalue weighted by atomic mass is 79.9. The fraction of sp³-hybridized carbons (Fsp3) is 0.429. The quantitative estimate of drug-likeness (QED) is 0.884. The van der Waals surface area contributed by atoms with Crippen molar-refractivity contribution in [1.29, 1.82) is 0 Å². The Balaban J connectivity index is 1.96. The summed E-state index contributed by atoms with van der Waals surface area (Å²) in [5, 5.41) is 2.81. The Kier molecular flexibility index (Phi) is 4.75. The highest BCUT2D eigenvalue weighted by molar-refractivity contribution is 9.10. The van der Waals surface area contributed by atoms with Crippen molar-refractivity contribution in [2.45, 2.75) is 31.7 Å². The third-order valence-electron chi connectivity index (χ3n) is 3.66. The predicted molar refractivity (Wildman–Crippen MR) is 76.5 cm³/mol. The maximum absolute atomic E-state index is 13.8. The summed E-state index contributed by atoms with van der Waals surface area (Å²) < 4.78 is 14.1. The van der Waals surface area contributed by atoms with Crippen LogP contribution in [0.4, 0.5) is 4.39 Å². The topological polar surface area (TPSA) is 72.2 Å². The summed E-state index contributed by atoms with van der Waals surface area (Å²) in [4.78, 5) is 23.1. The molecule has 0 bridgehead atoms. The van der Waals surface area contributed by atoms with Crippen molar-refractivity contribution in [3.05, 3.63) is 34.1 Å². The first-order chi connectivity index (χ1) is 9.49. The second kappa shape index (κ2) is 6.35. The normalized spacial score (nSPS) is 22.3. The van der Waals surface area contributed by atoms with Crippen molar-refractivity contribution in [2.75, 3.05) is 0 Å². The van der Waals surface area contributed by atoms with Crippen LogP contribution in [0.2, 0.25) is 0 Å². The molecule has 4 nitrogen and oxygen atoms in total. The molecule has 108 valence electrons. The third kappa shape index (κ3) is 3.36. The lowest BCUT2D eigenvalue weighted by molar-refractivity contribution is -0.122. The number of amides is 2. The van der Waals surface area contributed by atoms with Crippen LogP contribution >= 0.6 is 15.9 Å². The first-order valence-electron chi connectivity index (χ1n) is 6.53. The third-order valence-corrected chi connectivity index (χ3v) is 4.27. The van der Waals surface area contributed by atoms with Gasteiger partial charge in [0.25, 0.3) is 5.91 Å². The number of hydrogen-bond acceptors (Lipinski definition) is 2. The van der Waals surface area contributed by atoms with E-state index < -0.39 is 11.7 Å². The molecule has 0 heterocycles. The lowest BCUT2D eigenvalue weighted by Crippen LogP contribution is -2.40. The van der Waals surface area contributed by atoms with Crippen molar-refractivity contribution < 1.29 is 14.0 Å². The molecule has 2 amide bonds. The van der Waals surface area contributed by atoms with Crippen LogP contribution in [-0.4, -0.2) is 17.9 Å². The molecule has 3 N–H and O–H groups in total. The fourth-order valence-electron chi connectivity index (χ4n) is 2.46. The van der Waals surface area contributed by atoms with E-state index in [9.17, 15) is 14.0 Å². The highest BCUT2D eigenvalue weighted by Gasteiger charge is 2.26. The van der Waals surface area contributed by atoms with Crippen LogP contribution in [0.1, 0.15) is 36.0 Å². The minimum Gasteiger partial charge on any atom is -0.369 e. The summed E-state index contributed by atoms with van der Waals surface area (Å²) in [5.41, 5.74) is 5.28. The molecule has 20 heavy (non-hydrogen) atoms. The average Bonchev–Trinajstić information content (AvgIpc) is 2.42. The molecule has 1 aromatic rings. The molecule has 1 aliphatic carbocycles. The van der Waals surface area contributed by atoms with Crippen LogP contribution < -0.4 is 11.1 Å². The van der Waals surface area contributed by atoms with Crippen LogP contribution in [-0.2, 0) is 4.79 Å². The van der Waals surface area contributed by atoms with Crippen LogP contribution in [0, 0.1) is 11.7 Å². The van der Waals surface area contributed by atoms with Crippen LogP contribution in [0.25, 0.3) is 0 Å². The summed E-state index contributed by atoms with van der Waals surface area (Å²) in [5.74, 6) is -1.37. The summed E-state index contributed by atoms with van der Waals surface area (Å²) in [6, 6.07) is 4.58. The molecule has 1 fully saturated rings. The van der Waals surface area contributed by atoms with Crippen molar-refractivity contribution >= 4 is 27.7 Å². The number of nitrogens with two attached hydrogens (primary N) is 1. The van der Waals surface area contributed by atoms with E-state index in [0.717, 1.165) is 0 Å². The Hall–Kier alpha value is -1.43. The Morgan fingerprint density at radius 2 is 1.90 bits per heavy atom. The van der Waals surface area contributed by atoms with E-state index in [-0.39, 0.29) is 27.9 Å². The van der Waals surface area contributed by atoms with Gasteiger partial charge in [0.1, 0.15) is 5.82 Å². The minimum atomic E-state index is -0.559. The SMILES string of the molecule is NC(=O)C1CCC(NC(=O)c2cccc(Br)c2F)CC1. The monoisotopic (exact) mass is 342 g/mol. The zero-order valence-corrected chi connectivity index (χ0v) is 12.5. The van der Waals surface area contributed by atoms with Crippen molar-refractivity contribution in [1.82, 2.24) is 5.32 Å². The molecule has 0 spiro atoms. The van der Waals surface area contributed by atoms with E-state index in [4.69, 9.17) is 5.73 Å². The molecule has 0 atom stereocenters. The molecular formula is C14H16BrFN2O2. The van der Waals surface area contributed by atoms with Gasteiger partial charge in [0.15, 0.2) is 0 Å². The molecular weight excluding hydrogens is 327 g/mol. The van der Waals surface area contributed by atoms with E-state index >= 15 is 0 Å². The first kappa shape index (κ1) is 15.0. The summed E-state index contributed by atoms with van der Waals surface area (Å²) in [6.07, 6.45) is 2.71. The van der Waals surface area contributed by atoms with Gasteiger partial charge < -0.3 is 11.1 Å². The smallest absolute Gasteiger partial charge is 0.254 e. The Labute approximate surface area is 125 Å². The van der Waals surface area contributed by atoms with E-state index in [2.05, 4.69) is 21.2 Å². The van der Waals surface area contributed by atoms with E-state index in [1.165, 1.54) is 6.07 Å². The van der Waals surface area contributed by atoms with Crippen LogP contribution in [0.5, 0.6) is 0 Å². The van der Waals surface area contributed by atoms with Crippen molar-refractivity contribution in [2.24, 2.45) is 11.7 Å². The van der Waals surface area contributed by atoms with Gasteiger partial charge in [-0.3, -0.25) is 9.59 Å². The molecule has 0 unspecified atom stereocenters. The number of carbonyl (C=O) groups is 2. The molecule has 1 saturated carbocycles. The van der Waals surface area contributed by atoms with E-state index in [0.29, 0.717) is 25.7 Å². The van der Waals surface area contributed by atoms with Crippen molar-refractivity contribution in [3.63, 3.8) is 0 Å². The second-order valence-corrected chi connectivity index (χ2v) is 5.88. The molecule has 0 radical (unpaired) electrons. The highest BCUT2D eigenvalue weighted by Crippen LogP contribution is 2.25. The van der Waals surface area contributed by atoms with Gasteiger partial charge >= 0.3 is 0 Å².